The van der Waals surface area contributed by atoms with Crippen LogP contribution in [0.3, 0.4) is 0 Å². The van der Waals surface area contributed by atoms with Gasteiger partial charge in [-0.1, -0.05) is 24.9 Å². The summed E-state index contributed by atoms with van der Waals surface area (Å²) in [4.78, 5) is 24.7. The van der Waals surface area contributed by atoms with Crippen LogP contribution in [0, 0.1) is 5.82 Å². The monoisotopic (exact) mass is 336 g/mol. The van der Waals surface area contributed by atoms with E-state index in [4.69, 9.17) is 11.6 Å². The van der Waals surface area contributed by atoms with Crippen LogP contribution in [-0.4, -0.2) is 18.7 Å². The molecule has 0 saturated heterocycles. The molecule has 0 fully saturated rings. The lowest BCUT2D eigenvalue weighted by molar-refractivity contribution is 0.554. The van der Waals surface area contributed by atoms with Gasteiger partial charge in [-0.2, -0.15) is 0 Å². The molecule has 1 aromatic carbocycles. The Hall–Kier alpha value is -2.41. The van der Waals surface area contributed by atoms with Gasteiger partial charge in [0.05, 0.1) is 10.7 Å². The molecular weight excluding hydrogens is 323 g/mol. The molecule has 6 nitrogen and oxygen atoms in total. The summed E-state index contributed by atoms with van der Waals surface area (Å²) in [6.45, 7) is 2.46. The molecule has 120 valence electrons. The molecule has 0 N–H and O–H groups in total. The van der Waals surface area contributed by atoms with Gasteiger partial charge in [-0.3, -0.25) is 9.36 Å². The highest BCUT2D eigenvalue weighted by Crippen LogP contribution is 2.17. The summed E-state index contributed by atoms with van der Waals surface area (Å²) < 4.78 is 17.0. The minimum atomic E-state index is -0.565. The molecule has 3 rings (SSSR count). The SMILES string of the molecule is CCCCn1nc2c(=O)n(-c3ccc(F)c(Cl)c3)ccn2c1=O. The first kappa shape index (κ1) is 15.5. The second-order valence-corrected chi connectivity index (χ2v) is 5.53. The van der Waals surface area contributed by atoms with Crippen LogP contribution in [0.15, 0.2) is 40.2 Å². The van der Waals surface area contributed by atoms with E-state index in [0.717, 1.165) is 12.8 Å². The molecule has 2 aromatic heterocycles. The molecule has 0 radical (unpaired) electrons. The maximum absolute atomic E-state index is 13.3. The van der Waals surface area contributed by atoms with Crippen molar-refractivity contribution in [3.8, 4) is 5.69 Å². The van der Waals surface area contributed by atoms with Gasteiger partial charge in [0.2, 0.25) is 5.65 Å². The van der Waals surface area contributed by atoms with E-state index in [1.54, 1.807) is 0 Å². The minimum Gasteiger partial charge on any atom is -0.280 e. The van der Waals surface area contributed by atoms with Crippen LogP contribution < -0.4 is 11.2 Å². The van der Waals surface area contributed by atoms with E-state index in [9.17, 15) is 14.0 Å². The molecule has 0 amide bonds. The first-order chi connectivity index (χ1) is 11.0. The van der Waals surface area contributed by atoms with Crippen molar-refractivity contribution in [2.45, 2.75) is 26.3 Å². The fourth-order valence-corrected chi connectivity index (χ4v) is 2.48. The Morgan fingerprint density at radius 2 is 2.04 bits per heavy atom. The average Bonchev–Trinajstić information content (AvgIpc) is 2.86. The number of hydrogen-bond donors (Lipinski definition) is 0. The Morgan fingerprint density at radius 1 is 1.26 bits per heavy atom. The van der Waals surface area contributed by atoms with Crippen molar-refractivity contribution >= 4 is 17.2 Å². The highest BCUT2D eigenvalue weighted by molar-refractivity contribution is 6.30. The Labute approximate surface area is 135 Å². The third kappa shape index (κ3) is 2.68. The molecule has 0 saturated carbocycles. The van der Waals surface area contributed by atoms with E-state index in [0.29, 0.717) is 12.2 Å². The number of aryl methyl sites for hydroxylation is 1. The van der Waals surface area contributed by atoms with Crippen LogP contribution in [-0.2, 0) is 6.54 Å². The van der Waals surface area contributed by atoms with Gasteiger partial charge >= 0.3 is 11.2 Å². The van der Waals surface area contributed by atoms with E-state index < -0.39 is 11.4 Å². The van der Waals surface area contributed by atoms with Crippen molar-refractivity contribution in [1.82, 2.24) is 18.7 Å². The highest BCUT2D eigenvalue weighted by atomic mass is 35.5. The predicted molar refractivity (Wildman–Crippen MR) is 84.9 cm³/mol. The summed E-state index contributed by atoms with van der Waals surface area (Å²) in [6, 6.07) is 3.96. The average molecular weight is 337 g/mol. The maximum Gasteiger partial charge on any atom is 0.350 e. The third-order valence-corrected chi connectivity index (χ3v) is 3.84. The van der Waals surface area contributed by atoms with Gasteiger partial charge in [0, 0.05) is 18.9 Å². The molecule has 0 unspecified atom stereocenters. The lowest BCUT2D eigenvalue weighted by atomic mass is 10.3. The molecule has 2 heterocycles. The van der Waals surface area contributed by atoms with Gasteiger partial charge in [0.15, 0.2) is 0 Å². The van der Waals surface area contributed by atoms with Gasteiger partial charge in [0.1, 0.15) is 5.82 Å². The van der Waals surface area contributed by atoms with E-state index >= 15 is 0 Å². The Balaban J connectivity index is 2.17. The van der Waals surface area contributed by atoms with Crippen molar-refractivity contribution in [2.75, 3.05) is 0 Å². The number of rotatable bonds is 4. The van der Waals surface area contributed by atoms with Crippen LogP contribution in [0.5, 0.6) is 0 Å². The summed E-state index contributed by atoms with van der Waals surface area (Å²) in [7, 11) is 0. The Bertz CT molecular complexity index is 989. The third-order valence-electron chi connectivity index (χ3n) is 3.55. The fourth-order valence-electron chi connectivity index (χ4n) is 2.30. The van der Waals surface area contributed by atoms with Crippen molar-refractivity contribution in [3.05, 3.63) is 62.3 Å². The molecule has 0 aliphatic rings. The smallest absolute Gasteiger partial charge is 0.280 e. The molecule has 0 spiro atoms. The quantitative estimate of drug-likeness (QED) is 0.734. The molecular formula is C15H14ClFN4O2. The van der Waals surface area contributed by atoms with E-state index in [1.165, 1.54) is 44.2 Å². The van der Waals surface area contributed by atoms with Crippen LogP contribution in [0.4, 0.5) is 4.39 Å². The normalized spacial score (nSPS) is 11.3. The Morgan fingerprint density at radius 3 is 2.74 bits per heavy atom. The van der Waals surface area contributed by atoms with Gasteiger partial charge < -0.3 is 0 Å². The summed E-state index contributed by atoms with van der Waals surface area (Å²) in [5.74, 6) is -0.565. The fraction of sp³-hybridized carbons (Fsp3) is 0.267. The number of unbranched alkanes of at least 4 members (excludes halogenated alkanes) is 1. The summed E-state index contributed by atoms with van der Waals surface area (Å²) in [5, 5.41) is 4.02. The first-order valence-corrected chi connectivity index (χ1v) is 7.57. The molecule has 0 bridgehead atoms. The second kappa shape index (κ2) is 6.00. The first-order valence-electron chi connectivity index (χ1n) is 7.19. The van der Waals surface area contributed by atoms with Crippen molar-refractivity contribution in [3.63, 3.8) is 0 Å². The number of hydrogen-bond acceptors (Lipinski definition) is 3. The highest BCUT2D eigenvalue weighted by Gasteiger charge is 2.13. The molecule has 0 atom stereocenters. The summed E-state index contributed by atoms with van der Waals surface area (Å²) >= 11 is 5.76. The summed E-state index contributed by atoms with van der Waals surface area (Å²) in [6.07, 6.45) is 4.61. The van der Waals surface area contributed by atoms with Gasteiger partial charge in [-0.25, -0.2) is 18.3 Å². The number of fused-ring (bicyclic) bond motifs is 1. The van der Waals surface area contributed by atoms with Crippen molar-refractivity contribution < 1.29 is 4.39 Å². The largest absolute Gasteiger partial charge is 0.350 e. The van der Waals surface area contributed by atoms with Crippen LogP contribution >= 0.6 is 11.6 Å². The second-order valence-electron chi connectivity index (χ2n) is 5.12. The van der Waals surface area contributed by atoms with Gasteiger partial charge in [-0.05, 0) is 24.6 Å². The number of nitrogens with zero attached hydrogens (tertiary/aromatic N) is 4. The standard InChI is InChI=1S/C15H14ClFN4O2/c1-2-3-6-21-15(23)20-8-7-19(14(22)13(20)18-21)10-4-5-12(17)11(16)9-10/h4-5,7-9H,2-3,6H2,1H3. The van der Waals surface area contributed by atoms with Crippen LogP contribution in [0.1, 0.15) is 19.8 Å². The van der Waals surface area contributed by atoms with Gasteiger partial charge in [-0.15, -0.1) is 5.10 Å². The van der Waals surface area contributed by atoms with Gasteiger partial charge in [0.25, 0.3) is 0 Å². The lowest BCUT2D eigenvalue weighted by Gasteiger charge is -2.06. The zero-order valence-corrected chi connectivity index (χ0v) is 13.1. The predicted octanol–water partition coefficient (Wildman–Crippen LogP) is 2.24. The number of aromatic nitrogens is 4. The van der Waals surface area contributed by atoms with Crippen molar-refractivity contribution in [1.29, 1.82) is 0 Å². The molecule has 3 aromatic rings. The molecule has 23 heavy (non-hydrogen) atoms. The molecule has 0 aliphatic heterocycles. The molecule has 8 heteroatoms. The van der Waals surface area contributed by atoms with E-state index in [1.807, 2.05) is 6.92 Å². The zero-order chi connectivity index (χ0) is 16.6. The number of halogens is 2. The van der Waals surface area contributed by atoms with Crippen molar-refractivity contribution in [2.24, 2.45) is 0 Å². The maximum atomic E-state index is 13.3. The lowest BCUT2D eigenvalue weighted by Crippen LogP contribution is -2.24. The van der Waals surface area contributed by atoms with Crippen LogP contribution in [0.2, 0.25) is 5.02 Å². The minimum absolute atomic E-state index is 0.0223. The van der Waals surface area contributed by atoms with Crippen LogP contribution in [0.25, 0.3) is 11.3 Å². The topological polar surface area (TPSA) is 61.3 Å². The number of benzene rings is 1. The molecule has 0 aliphatic carbocycles. The Kier molecular flexibility index (Phi) is 4.04. The summed E-state index contributed by atoms with van der Waals surface area (Å²) in [5.41, 5.74) is -0.397. The van der Waals surface area contributed by atoms with E-state index in [-0.39, 0.29) is 16.4 Å². The van der Waals surface area contributed by atoms with E-state index in [2.05, 4.69) is 5.10 Å². The zero-order valence-electron chi connectivity index (χ0n) is 12.4.